The van der Waals surface area contributed by atoms with E-state index in [4.69, 9.17) is 0 Å². The highest BCUT2D eigenvalue weighted by atomic mass is 32.2. The predicted molar refractivity (Wildman–Crippen MR) is 115 cm³/mol. The molecule has 4 rings (SSSR count). The average Bonchev–Trinajstić information content (AvgIpc) is 3.46. The van der Waals surface area contributed by atoms with Gasteiger partial charge in [0.2, 0.25) is 0 Å². The maximum atomic E-state index is 12.8. The molecule has 1 aromatic heterocycles. The fourth-order valence-corrected chi connectivity index (χ4v) is 4.49. The van der Waals surface area contributed by atoms with E-state index < -0.39 is 14.9 Å². The molecule has 31 heavy (non-hydrogen) atoms. The Kier molecular flexibility index (Phi) is 5.36. The predicted octanol–water partition coefficient (Wildman–Crippen LogP) is 3.55. The normalized spacial score (nSPS) is 13.7. The number of nitro benzene ring substituents is 1. The first-order valence-electron chi connectivity index (χ1n) is 9.75. The van der Waals surface area contributed by atoms with Crippen LogP contribution in [0.15, 0.2) is 47.6 Å². The quantitative estimate of drug-likeness (QED) is 0.403. The van der Waals surface area contributed by atoms with E-state index in [2.05, 4.69) is 20.2 Å². The lowest BCUT2D eigenvalue weighted by molar-refractivity contribution is -0.384. The van der Waals surface area contributed by atoms with Crippen LogP contribution in [0.2, 0.25) is 0 Å². The fraction of sp³-hybridized carbons (Fsp3) is 0.300. The Morgan fingerprint density at radius 3 is 2.58 bits per heavy atom. The zero-order valence-corrected chi connectivity index (χ0v) is 17.9. The molecule has 0 amide bonds. The van der Waals surface area contributed by atoms with Gasteiger partial charge in [-0.15, -0.1) is 10.2 Å². The number of hydrogen-bond donors (Lipinski definition) is 2. The van der Waals surface area contributed by atoms with Gasteiger partial charge in [0.1, 0.15) is 12.0 Å². The average molecular weight is 443 g/mol. The van der Waals surface area contributed by atoms with Crippen LogP contribution >= 0.6 is 0 Å². The molecule has 162 valence electrons. The van der Waals surface area contributed by atoms with E-state index in [0.29, 0.717) is 17.6 Å². The topological polar surface area (TPSA) is 132 Å². The van der Waals surface area contributed by atoms with Crippen molar-refractivity contribution < 1.29 is 13.3 Å². The molecule has 10 nitrogen and oxygen atoms in total. The third kappa shape index (κ3) is 4.50. The Hall–Kier alpha value is -3.47. The summed E-state index contributed by atoms with van der Waals surface area (Å²) >= 11 is 0. The molecule has 0 atom stereocenters. The van der Waals surface area contributed by atoms with Crippen LogP contribution in [0, 0.1) is 24.0 Å². The number of aromatic nitrogens is 3. The van der Waals surface area contributed by atoms with E-state index in [1.807, 2.05) is 17.6 Å². The highest BCUT2D eigenvalue weighted by Gasteiger charge is 2.26. The zero-order chi connectivity index (χ0) is 22.2. The summed E-state index contributed by atoms with van der Waals surface area (Å²) in [7, 11) is -4.00. The third-order valence-electron chi connectivity index (χ3n) is 5.13. The number of hydrogen-bond acceptors (Lipinski definition) is 7. The minimum Gasteiger partial charge on any atom is -0.372 e. The summed E-state index contributed by atoms with van der Waals surface area (Å²) in [6.07, 6.45) is 3.77. The van der Waals surface area contributed by atoms with E-state index in [0.717, 1.165) is 30.0 Å². The molecule has 0 unspecified atom stereocenters. The van der Waals surface area contributed by atoms with E-state index in [9.17, 15) is 18.5 Å². The Morgan fingerprint density at radius 1 is 1.16 bits per heavy atom. The number of nitrogens with one attached hydrogen (secondary N) is 2. The molecule has 0 spiro atoms. The van der Waals surface area contributed by atoms with Crippen molar-refractivity contribution in [2.45, 2.75) is 44.2 Å². The summed E-state index contributed by atoms with van der Waals surface area (Å²) in [6, 6.07) is 9.49. The summed E-state index contributed by atoms with van der Waals surface area (Å²) in [5.41, 5.74) is 2.07. The van der Waals surface area contributed by atoms with Crippen molar-refractivity contribution in [2.24, 2.45) is 0 Å². The first-order valence-corrected chi connectivity index (χ1v) is 11.2. The number of aryl methyl sites for hydroxylation is 2. The second-order valence-electron chi connectivity index (χ2n) is 7.60. The molecule has 1 fully saturated rings. The second-order valence-corrected chi connectivity index (χ2v) is 9.28. The van der Waals surface area contributed by atoms with Crippen LogP contribution in [0.3, 0.4) is 0 Å². The van der Waals surface area contributed by atoms with Gasteiger partial charge < -0.3 is 9.88 Å². The molecule has 11 heteroatoms. The first-order chi connectivity index (χ1) is 14.7. The van der Waals surface area contributed by atoms with Crippen molar-refractivity contribution in [3.05, 3.63) is 69.8 Å². The van der Waals surface area contributed by atoms with Gasteiger partial charge in [0.05, 0.1) is 22.1 Å². The standard InChI is InChI=1S/C20H22N6O4S/c1-13-3-7-17(14(2)9-13)24-31(29,30)16-6-8-18(19(10-16)26(27)28)21-11-20-23-22-12-25(20)15-4-5-15/h3,6-10,12,15,21,24H,4-5,11H2,1-2H3. The number of anilines is 2. The Labute approximate surface area is 179 Å². The number of benzene rings is 2. The first kappa shape index (κ1) is 20.8. The van der Waals surface area contributed by atoms with Gasteiger partial charge in [-0.05, 0) is 50.5 Å². The molecular weight excluding hydrogens is 420 g/mol. The van der Waals surface area contributed by atoms with Crippen molar-refractivity contribution in [1.82, 2.24) is 14.8 Å². The lowest BCUT2D eigenvalue weighted by Crippen LogP contribution is -2.15. The highest BCUT2D eigenvalue weighted by molar-refractivity contribution is 7.92. The van der Waals surface area contributed by atoms with E-state index in [1.54, 1.807) is 25.4 Å². The number of rotatable bonds is 8. The Morgan fingerprint density at radius 2 is 1.90 bits per heavy atom. The molecule has 0 radical (unpaired) electrons. The molecule has 1 aliphatic rings. The van der Waals surface area contributed by atoms with Gasteiger partial charge in [-0.3, -0.25) is 14.8 Å². The number of nitrogens with zero attached hydrogens (tertiary/aromatic N) is 4. The molecule has 2 aromatic carbocycles. The molecule has 1 heterocycles. The largest absolute Gasteiger partial charge is 0.372 e. The molecule has 1 aliphatic carbocycles. The molecule has 0 bridgehead atoms. The molecular formula is C20H22N6O4S. The van der Waals surface area contributed by atoms with Crippen LogP contribution in [0.4, 0.5) is 17.1 Å². The third-order valence-corrected chi connectivity index (χ3v) is 6.49. The van der Waals surface area contributed by atoms with Crippen molar-refractivity contribution >= 4 is 27.1 Å². The summed E-state index contributed by atoms with van der Waals surface area (Å²) in [5.74, 6) is 0.671. The van der Waals surface area contributed by atoms with Gasteiger partial charge in [0.15, 0.2) is 5.82 Å². The van der Waals surface area contributed by atoms with Crippen LogP contribution in [0.1, 0.15) is 35.8 Å². The summed E-state index contributed by atoms with van der Waals surface area (Å²) < 4.78 is 30.1. The monoisotopic (exact) mass is 442 g/mol. The summed E-state index contributed by atoms with van der Waals surface area (Å²) in [5, 5.41) is 22.6. The van der Waals surface area contributed by atoms with Gasteiger partial charge in [0, 0.05) is 12.1 Å². The minimum atomic E-state index is -4.00. The smallest absolute Gasteiger partial charge is 0.293 e. The van der Waals surface area contributed by atoms with Crippen molar-refractivity contribution in [2.75, 3.05) is 10.0 Å². The van der Waals surface area contributed by atoms with Crippen molar-refractivity contribution in [1.29, 1.82) is 0 Å². The molecule has 1 saturated carbocycles. The van der Waals surface area contributed by atoms with Crippen LogP contribution < -0.4 is 10.0 Å². The lowest BCUT2D eigenvalue weighted by atomic mass is 10.1. The zero-order valence-electron chi connectivity index (χ0n) is 17.1. The van der Waals surface area contributed by atoms with Crippen LogP contribution in [0.5, 0.6) is 0 Å². The van der Waals surface area contributed by atoms with Crippen molar-refractivity contribution in [3.8, 4) is 0 Å². The van der Waals surface area contributed by atoms with Crippen LogP contribution in [0.25, 0.3) is 0 Å². The minimum absolute atomic E-state index is 0.189. The van der Waals surface area contributed by atoms with Gasteiger partial charge >= 0.3 is 0 Å². The SMILES string of the molecule is Cc1ccc(NS(=O)(=O)c2ccc(NCc3nncn3C3CC3)c([N+](=O)[O-])c2)c(C)c1. The Balaban J connectivity index is 1.57. The fourth-order valence-electron chi connectivity index (χ4n) is 3.34. The molecule has 0 aliphatic heterocycles. The van der Waals surface area contributed by atoms with E-state index >= 15 is 0 Å². The molecule has 0 saturated heterocycles. The van der Waals surface area contributed by atoms with Gasteiger partial charge in [-0.2, -0.15) is 0 Å². The number of sulfonamides is 1. The maximum Gasteiger partial charge on any atom is 0.293 e. The Bertz CT molecular complexity index is 1250. The summed E-state index contributed by atoms with van der Waals surface area (Å²) in [4.78, 5) is 10.8. The molecule has 3 aromatic rings. The number of nitro groups is 1. The van der Waals surface area contributed by atoms with Crippen LogP contribution in [-0.4, -0.2) is 28.1 Å². The van der Waals surface area contributed by atoms with E-state index in [1.165, 1.54) is 12.1 Å². The molecule has 2 N–H and O–H groups in total. The second kappa shape index (κ2) is 7.99. The maximum absolute atomic E-state index is 12.8. The lowest BCUT2D eigenvalue weighted by Gasteiger charge is -2.13. The van der Waals surface area contributed by atoms with Gasteiger partial charge in [-0.25, -0.2) is 8.42 Å². The van der Waals surface area contributed by atoms with Gasteiger partial charge in [0.25, 0.3) is 15.7 Å². The van der Waals surface area contributed by atoms with Crippen molar-refractivity contribution in [3.63, 3.8) is 0 Å². The van der Waals surface area contributed by atoms with E-state index in [-0.39, 0.29) is 22.8 Å². The van der Waals surface area contributed by atoms with Gasteiger partial charge in [-0.1, -0.05) is 17.7 Å². The highest BCUT2D eigenvalue weighted by Crippen LogP contribution is 2.35. The summed E-state index contributed by atoms with van der Waals surface area (Å²) in [6.45, 7) is 3.94. The van der Waals surface area contributed by atoms with Crippen LogP contribution in [-0.2, 0) is 16.6 Å².